The molecule has 0 bridgehead atoms. The molecule has 0 aromatic rings. The first kappa shape index (κ1) is 15.3. The highest BCUT2D eigenvalue weighted by Crippen LogP contribution is 2.30. The van der Waals surface area contributed by atoms with Gasteiger partial charge in [-0.05, 0) is 12.8 Å². The molecule has 1 unspecified atom stereocenters. The van der Waals surface area contributed by atoms with Crippen molar-refractivity contribution in [2.24, 2.45) is 0 Å². The molecule has 0 aromatic heterocycles. The maximum Gasteiger partial charge on any atom is 0.327 e. The average molecular weight is 309 g/mol. The Hall–Kier alpha value is -1.63. The lowest BCUT2D eigenvalue weighted by atomic mass is 9.94. The number of ether oxygens (including phenoxy) is 1. The van der Waals surface area contributed by atoms with Crippen LogP contribution in [0.5, 0.6) is 0 Å². The van der Waals surface area contributed by atoms with E-state index in [-0.39, 0.29) is 37.0 Å². The lowest BCUT2D eigenvalue weighted by Crippen LogP contribution is -2.55. The van der Waals surface area contributed by atoms with E-state index in [0.29, 0.717) is 13.1 Å². The van der Waals surface area contributed by atoms with Crippen molar-refractivity contribution in [1.82, 2.24) is 14.7 Å². The van der Waals surface area contributed by atoms with Crippen LogP contribution in [0.3, 0.4) is 0 Å². The predicted octanol–water partition coefficient (Wildman–Crippen LogP) is 0.441. The fourth-order valence-electron chi connectivity index (χ4n) is 3.73. The van der Waals surface area contributed by atoms with Crippen molar-refractivity contribution < 1.29 is 19.1 Å². The van der Waals surface area contributed by atoms with Gasteiger partial charge in [0.1, 0.15) is 12.6 Å². The molecule has 7 heteroatoms. The summed E-state index contributed by atoms with van der Waals surface area (Å²) in [5.41, 5.74) is 0. The van der Waals surface area contributed by atoms with Crippen LogP contribution in [0.25, 0.3) is 0 Å². The van der Waals surface area contributed by atoms with Gasteiger partial charge in [-0.15, -0.1) is 0 Å². The number of fused-ring (bicyclic) bond motifs is 1. The highest BCUT2D eigenvalue weighted by Gasteiger charge is 2.50. The summed E-state index contributed by atoms with van der Waals surface area (Å²) in [6, 6.07) is -0.632. The molecule has 1 aliphatic carbocycles. The van der Waals surface area contributed by atoms with E-state index in [1.54, 1.807) is 9.80 Å². The standard InChI is InChI=1S/C15H23N3O4/c1-22-10-13(19)16-7-8-17-12(9-16)14(20)18(15(17)21)11-5-3-2-4-6-11/h11-12H,2-10H2,1H3. The molecule has 7 nitrogen and oxygen atoms in total. The number of nitrogens with zero attached hydrogens (tertiary/aromatic N) is 3. The molecule has 3 rings (SSSR count). The van der Waals surface area contributed by atoms with Gasteiger partial charge in [0, 0.05) is 26.2 Å². The Morgan fingerprint density at radius 3 is 2.59 bits per heavy atom. The van der Waals surface area contributed by atoms with E-state index in [1.165, 1.54) is 18.4 Å². The van der Waals surface area contributed by atoms with E-state index in [4.69, 9.17) is 4.74 Å². The molecule has 2 heterocycles. The zero-order valence-corrected chi connectivity index (χ0v) is 13.0. The summed E-state index contributed by atoms with van der Waals surface area (Å²) < 4.78 is 4.87. The molecule has 2 saturated heterocycles. The van der Waals surface area contributed by atoms with Crippen LogP contribution in [0.4, 0.5) is 4.79 Å². The minimum absolute atomic E-state index is 0.0151. The number of imide groups is 1. The lowest BCUT2D eigenvalue weighted by Gasteiger charge is -2.35. The number of hydrogen-bond donors (Lipinski definition) is 0. The third kappa shape index (κ3) is 2.58. The van der Waals surface area contributed by atoms with Gasteiger partial charge in [-0.2, -0.15) is 0 Å². The van der Waals surface area contributed by atoms with Crippen LogP contribution in [-0.2, 0) is 14.3 Å². The Balaban J connectivity index is 1.71. The SMILES string of the molecule is COCC(=O)N1CCN2C(=O)N(C3CCCCC3)C(=O)C2C1. The number of carbonyl (C=O) groups is 3. The summed E-state index contributed by atoms with van der Waals surface area (Å²) in [5, 5.41) is 0. The van der Waals surface area contributed by atoms with Crippen molar-refractivity contribution in [2.45, 2.75) is 44.2 Å². The number of carbonyl (C=O) groups excluding carboxylic acids is 3. The smallest absolute Gasteiger partial charge is 0.327 e. The van der Waals surface area contributed by atoms with Gasteiger partial charge in [0.05, 0.1) is 6.54 Å². The van der Waals surface area contributed by atoms with Gasteiger partial charge in [0.25, 0.3) is 5.91 Å². The topological polar surface area (TPSA) is 70.2 Å². The maximum absolute atomic E-state index is 12.7. The predicted molar refractivity (Wildman–Crippen MR) is 78.1 cm³/mol. The Morgan fingerprint density at radius 2 is 1.91 bits per heavy atom. The zero-order chi connectivity index (χ0) is 15.7. The molecule has 0 aromatic carbocycles. The lowest BCUT2D eigenvalue weighted by molar-refractivity contribution is -0.139. The number of hydrogen-bond acceptors (Lipinski definition) is 4. The summed E-state index contributed by atoms with van der Waals surface area (Å²) >= 11 is 0. The quantitative estimate of drug-likeness (QED) is 0.709. The molecule has 22 heavy (non-hydrogen) atoms. The molecule has 3 aliphatic rings. The Kier molecular flexibility index (Phi) is 4.33. The number of rotatable bonds is 3. The first-order chi connectivity index (χ1) is 10.6. The van der Waals surface area contributed by atoms with Gasteiger partial charge >= 0.3 is 6.03 Å². The second-order valence-corrected chi connectivity index (χ2v) is 6.26. The zero-order valence-electron chi connectivity index (χ0n) is 13.0. The second-order valence-electron chi connectivity index (χ2n) is 6.26. The van der Waals surface area contributed by atoms with E-state index in [9.17, 15) is 14.4 Å². The fraction of sp³-hybridized carbons (Fsp3) is 0.800. The average Bonchev–Trinajstić information content (AvgIpc) is 2.79. The maximum atomic E-state index is 12.7. The van der Waals surface area contributed by atoms with Crippen LogP contribution in [0.1, 0.15) is 32.1 Å². The molecule has 4 amide bonds. The molecular formula is C15H23N3O4. The van der Waals surface area contributed by atoms with Crippen LogP contribution in [0.2, 0.25) is 0 Å². The summed E-state index contributed by atoms with van der Waals surface area (Å²) in [6.07, 6.45) is 5.14. The Bertz CT molecular complexity index is 475. The molecule has 0 radical (unpaired) electrons. The van der Waals surface area contributed by atoms with Crippen LogP contribution in [0, 0.1) is 0 Å². The van der Waals surface area contributed by atoms with Gasteiger partial charge in [-0.3, -0.25) is 14.5 Å². The van der Waals surface area contributed by atoms with Crippen LogP contribution < -0.4 is 0 Å². The summed E-state index contributed by atoms with van der Waals surface area (Å²) in [7, 11) is 1.48. The van der Waals surface area contributed by atoms with Crippen molar-refractivity contribution in [3.05, 3.63) is 0 Å². The fourth-order valence-corrected chi connectivity index (χ4v) is 3.73. The third-order valence-electron chi connectivity index (χ3n) is 4.92. The molecule has 0 N–H and O–H groups in total. The molecule has 122 valence electrons. The van der Waals surface area contributed by atoms with E-state index in [1.807, 2.05) is 0 Å². The first-order valence-corrected chi connectivity index (χ1v) is 8.04. The molecule has 0 spiro atoms. The van der Waals surface area contributed by atoms with E-state index < -0.39 is 6.04 Å². The highest BCUT2D eigenvalue weighted by atomic mass is 16.5. The second kappa shape index (κ2) is 6.24. The highest BCUT2D eigenvalue weighted by molar-refractivity contribution is 6.05. The van der Waals surface area contributed by atoms with Crippen molar-refractivity contribution in [3.63, 3.8) is 0 Å². The van der Waals surface area contributed by atoms with Crippen molar-refractivity contribution in [1.29, 1.82) is 0 Å². The number of urea groups is 1. The Labute approximate surface area is 130 Å². The normalized spacial score (nSPS) is 26.6. The number of piperazine rings is 1. The van der Waals surface area contributed by atoms with Gasteiger partial charge in [0.15, 0.2) is 0 Å². The summed E-state index contributed by atoms with van der Waals surface area (Å²) in [6.45, 7) is 1.20. The number of methoxy groups -OCH3 is 1. The Morgan fingerprint density at radius 1 is 1.18 bits per heavy atom. The molecule has 3 fully saturated rings. The van der Waals surface area contributed by atoms with Gasteiger partial charge in [-0.1, -0.05) is 19.3 Å². The summed E-state index contributed by atoms with van der Waals surface area (Å²) in [4.78, 5) is 41.9. The van der Waals surface area contributed by atoms with Crippen LogP contribution in [-0.4, -0.2) is 78.0 Å². The summed E-state index contributed by atoms with van der Waals surface area (Å²) in [5.74, 6) is -0.259. The molecule has 1 saturated carbocycles. The minimum Gasteiger partial charge on any atom is -0.375 e. The van der Waals surface area contributed by atoms with Crippen molar-refractivity contribution in [2.75, 3.05) is 33.4 Å². The van der Waals surface area contributed by atoms with Crippen molar-refractivity contribution in [3.8, 4) is 0 Å². The van der Waals surface area contributed by atoms with E-state index in [0.717, 1.165) is 25.7 Å². The van der Waals surface area contributed by atoms with Crippen LogP contribution in [0.15, 0.2) is 0 Å². The third-order valence-corrected chi connectivity index (χ3v) is 4.92. The monoisotopic (exact) mass is 309 g/mol. The van der Waals surface area contributed by atoms with E-state index in [2.05, 4.69) is 0 Å². The van der Waals surface area contributed by atoms with Gasteiger partial charge in [-0.25, -0.2) is 4.79 Å². The van der Waals surface area contributed by atoms with Gasteiger partial charge < -0.3 is 14.5 Å². The van der Waals surface area contributed by atoms with Gasteiger partial charge in [0.2, 0.25) is 5.91 Å². The molecule has 1 atom stereocenters. The van der Waals surface area contributed by atoms with Crippen LogP contribution >= 0.6 is 0 Å². The van der Waals surface area contributed by atoms with E-state index >= 15 is 0 Å². The molecular weight excluding hydrogens is 286 g/mol. The minimum atomic E-state index is -0.510. The largest absolute Gasteiger partial charge is 0.375 e. The first-order valence-electron chi connectivity index (χ1n) is 8.04. The number of amides is 4. The van der Waals surface area contributed by atoms with Crippen molar-refractivity contribution >= 4 is 17.8 Å². The molecule has 2 aliphatic heterocycles.